The molecule has 0 aromatic heterocycles. The second-order valence-electron chi connectivity index (χ2n) is 5.51. The Morgan fingerprint density at radius 3 is 2.30 bits per heavy atom. The molecule has 1 aromatic carbocycles. The summed E-state index contributed by atoms with van der Waals surface area (Å²) in [6, 6.07) is 9.20. The largest absolute Gasteiger partial charge is 0.480 e. The number of aliphatic carboxylic acids is 1. The van der Waals surface area contributed by atoms with Crippen LogP contribution < -0.4 is 5.32 Å². The molecule has 0 fully saturated rings. The fourth-order valence-electron chi connectivity index (χ4n) is 1.93. The van der Waals surface area contributed by atoms with Crippen molar-refractivity contribution in [3.8, 4) is 0 Å². The maximum absolute atomic E-state index is 11.9. The number of carboxylic acid groups (broad SMARTS) is 1. The van der Waals surface area contributed by atoms with E-state index >= 15 is 0 Å². The number of hydrogen-bond donors (Lipinski definition) is 2. The van der Waals surface area contributed by atoms with Crippen LogP contribution in [0.1, 0.15) is 39.7 Å². The first-order chi connectivity index (χ1) is 9.38. The van der Waals surface area contributed by atoms with Gasteiger partial charge in [0, 0.05) is 0 Å². The maximum Gasteiger partial charge on any atom is 0.331 e. The van der Waals surface area contributed by atoms with Gasteiger partial charge in [-0.3, -0.25) is 5.32 Å². The van der Waals surface area contributed by atoms with E-state index in [1.54, 1.807) is 0 Å². The summed E-state index contributed by atoms with van der Waals surface area (Å²) in [5, 5.41) is 12.8. The zero-order valence-corrected chi connectivity index (χ0v) is 12.8. The van der Waals surface area contributed by atoms with Crippen LogP contribution in [0, 0.1) is 0 Å². The molecule has 0 heterocycles. The van der Waals surface area contributed by atoms with Crippen molar-refractivity contribution in [2.24, 2.45) is 0 Å². The van der Waals surface area contributed by atoms with Crippen LogP contribution in [0.5, 0.6) is 0 Å². The third-order valence-corrected chi connectivity index (χ3v) is 3.64. The Balaban J connectivity index is 3.10. The lowest BCUT2D eigenvalue weighted by molar-refractivity contribution is -0.152. The third-order valence-electron chi connectivity index (χ3n) is 3.64. The quantitative estimate of drug-likeness (QED) is 0.768. The van der Waals surface area contributed by atoms with E-state index in [4.69, 9.17) is 4.74 Å². The number of carboxylic acids is 1. The predicted octanol–water partition coefficient (Wildman–Crippen LogP) is 2.78. The van der Waals surface area contributed by atoms with Crippen molar-refractivity contribution in [2.45, 2.75) is 45.3 Å². The number of benzene rings is 1. The molecule has 0 spiro atoms. The number of hydrogen-bond acceptors (Lipinski definition) is 3. The van der Waals surface area contributed by atoms with Crippen molar-refractivity contribution in [3.63, 3.8) is 0 Å². The molecule has 1 rings (SSSR count). The standard InChI is InChI=1S/C16H25NO3/c1-5-15(3,4)20-12-16(14(18)19,17-6-2)13-10-8-7-9-11-13/h7-11,17H,5-6,12H2,1-4H3,(H,18,19). The lowest BCUT2D eigenvalue weighted by Crippen LogP contribution is -2.54. The van der Waals surface area contributed by atoms with Gasteiger partial charge in [-0.2, -0.15) is 0 Å². The van der Waals surface area contributed by atoms with Crippen LogP contribution in [0.15, 0.2) is 30.3 Å². The fraction of sp³-hybridized carbons (Fsp3) is 0.562. The molecule has 0 aliphatic carbocycles. The van der Waals surface area contributed by atoms with Crippen molar-refractivity contribution in [1.82, 2.24) is 5.32 Å². The van der Waals surface area contributed by atoms with Crippen molar-refractivity contribution < 1.29 is 14.6 Å². The van der Waals surface area contributed by atoms with E-state index in [9.17, 15) is 9.90 Å². The third kappa shape index (κ3) is 3.81. The first kappa shape index (κ1) is 16.7. The summed E-state index contributed by atoms with van der Waals surface area (Å²) in [5.74, 6) is -0.919. The molecule has 0 aliphatic rings. The van der Waals surface area contributed by atoms with E-state index in [1.165, 1.54) is 0 Å². The molecular weight excluding hydrogens is 254 g/mol. The van der Waals surface area contributed by atoms with E-state index < -0.39 is 11.5 Å². The van der Waals surface area contributed by atoms with Crippen LogP contribution in [0.25, 0.3) is 0 Å². The molecule has 1 unspecified atom stereocenters. The van der Waals surface area contributed by atoms with E-state index in [1.807, 2.05) is 58.0 Å². The molecule has 0 bridgehead atoms. The van der Waals surface area contributed by atoms with E-state index in [0.29, 0.717) is 12.1 Å². The Labute approximate surface area is 121 Å². The molecule has 0 saturated carbocycles. The Morgan fingerprint density at radius 1 is 1.25 bits per heavy atom. The van der Waals surface area contributed by atoms with Gasteiger partial charge in [0.15, 0.2) is 5.54 Å². The lowest BCUT2D eigenvalue weighted by Gasteiger charge is -2.34. The van der Waals surface area contributed by atoms with Gasteiger partial charge >= 0.3 is 5.97 Å². The monoisotopic (exact) mass is 279 g/mol. The highest BCUT2D eigenvalue weighted by Crippen LogP contribution is 2.25. The molecule has 112 valence electrons. The van der Waals surface area contributed by atoms with Gasteiger partial charge in [0.1, 0.15) is 0 Å². The van der Waals surface area contributed by atoms with Crippen molar-refractivity contribution in [2.75, 3.05) is 13.2 Å². The number of carbonyl (C=O) groups is 1. The topological polar surface area (TPSA) is 58.6 Å². The molecule has 1 aromatic rings. The molecular formula is C16H25NO3. The molecule has 0 saturated heterocycles. The zero-order valence-electron chi connectivity index (χ0n) is 12.8. The Kier molecular flexibility index (Phi) is 5.72. The second-order valence-corrected chi connectivity index (χ2v) is 5.51. The van der Waals surface area contributed by atoms with Crippen molar-refractivity contribution >= 4 is 5.97 Å². The van der Waals surface area contributed by atoms with Gasteiger partial charge in [-0.05, 0) is 32.4 Å². The van der Waals surface area contributed by atoms with Gasteiger partial charge in [0.25, 0.3) is 0 Å². The summed E-state index contributed by atoms with van der Waals surface area (Å²) >= 11 is 0. The highest BCUT2D eigenvalue weighted by molar-refractivity contribution is 5.81. The van der Waals surface area contributed by atoms with Gasteiger partial charge in [-0.15, -0.1) is 0 Å². The normalized spacial score (nSPS) is 14.8. The highest BCUT2D eigenvalue weighted by atomic mass is 16.5. The van der Waals surface area contributed by atoms with Crippen LogP contribution in [-0.2, 0) is 15.1 Å². The van der Waals surface area contributed by atoms with E-state index in [2.05, 4.69) is 5.32 Å². The molecule has 0 aliphatic heterocycles. The Morgan fingerprint density at radius 2 is 1.85 bits per heavy atom. The van der Waals surface area contributed by atoms with Crippen LogP contribution in [0.3, 0.4) is 0 Å². The Bertz CT molecular complexity index is 431. The number of nitrogens with one attached hydrogen (secondary N) is 1. The summed E-state index contributed by atoms with van der Waals surface area (Å²) in [4.78, 5) is 11.9. The van der Waals surface area contributed by atoms with Crippen molar-refractivity contribution in [1.29, 1.82) is 0 Å². The van der Waals surface area contributed by atoms with Gasteiger partial charge in [0.05, 0.1) is 12.2 Å². The number of likely N-dealkylation sites (N-methyl/N-ethyl adjacent to an activating group) is 1. The average Bonchev–Trinajstić information content (AvgIpc) is 2.44. The maximum atomic E-state index is 11.9. The van der Waals surface area contributed by atoms with Gasteiger partial charge in [-0.1, -0.05) is 44.2 Å². The molecule has 20 heavy (non-hydrogen) atoms. The van der Waals surface area contributed by atoms with Gasteiger partial charge < -0.3 is 9.84 Å². The lowest BCUT2D eigenvalue weighted by atomic mass is 9.90. The summed E-state index contributed by atoms with van der Waals surface area (Å²) in [6.45, 7) is 8.51. The predicted molar refractivity (Wildman–Crippen MR) is 79.8 cm³/mol. The minimum atomic E-state index is -1.21. The van der Waals surface area contributed by atoms with Gasteiger partial charge in [0.2, 0.25) is 0 Å². The molecule has 1 atom stereocenters. The summed E-state index contributed by atoms with van der Waals surface area (Å²) in [7, 11) is 0. The molecule has 4 nitrogen and oxygen atoms in total. The minimum Gasteiger partial charge on any atom is -0.480 e. The SMILES string of the molecule is CCNC(COC(C)(C)CC)(C(=O)O)c1ccccc1. The number of ether oxygens (including phenoxy) is 1. The van der Waals surface area contributed by atoms with E-state index in [0.717, 1.165) is 6.42 Å². The Hall–Kier alpha value is -1.39. The molecule has 0 amide bonds. The highest BCUT2D eigenvalue weighted by Gasteiger charge is 2.41. The van der Waals surface area contributed by atoms with E-state index in [-0.39, 0.29) is 12.2 Å². The summed E-state index contributed by atoms with van der Waals surface area (Å²) in [6.07, 6.45) is 0.823. The fourth-order valence-corrected chi connectivity index (χ4v) is 1.93. The van der Waals surface area contributed by atoms with Crippen LogP contribution in [-0.4, -0.2) is 29.8 Å². The van der Waals surface area contributed by atoms with Crippen LogP contribution in [0.4, 0.5) is 0 Å². The summed E-state index contributed by atoms with van der Waals surface area (Å²) in [5.41, 5.74) is -0.839. The van der Waals surface area contributed by atoms with Crippen LogP contribution >= 0.6 is 0 Å². The zero-order chi connectivity index (χ0) is 15.2. The average molecular weight is 279 g/mol. The molecule has 2 N–H and O–H groups in total. The minimum absolute atomic E-state index is 0.0982. The first-order valence-electron chi connectivity index (χ1n) is 7.06. The first-order valence-corrected chi connectivity index (χ1v) is 7.06. The smallest absolute Gasteiger partial charge is 0.331 e. The second kappa shape index (κ2) is 6.86. The van der Waals surface area contributed by atoms with Gasteiger partial charge in [-0.25, -0.2) is 4.79 Å². The molecule has 0 radical (unpaired) electrons. The summed E-state index contributed by atoms with van der Waals surface area (Å²) < 4.78 is 5.87. The number of rotatable bonds is 8. The van der Waals surface area contributed by atoms with Crippen LogP contribution in [0.2, 0.25) is 0 Å². The van der Waals surface area contributed by atoms with Crippen molar-refractivity contribution in [3.05, 3.63) is 35.9 Å². The molecule has 4 heteroatoms.